The summed E-state index contributed by atoms with van der Waals surface area (Å²) >= 11 is 0. The van der Waals surface area contributed by atoms with E-state index in [-0.39, 0.29) is 43.4 Å². The van der Waals surface area contributed by atoms with Crippen LogP contribution < -0.4 is 10.6 Å². The summed E-state index contributed by atoms with van der Waals surface area (Å²) < 4.78 is 75.8. The summed E-state index contributed by atoms with van der Waals surface area (Å²) in [6.07, 6.45) is -9.40. The average Bonchev–Trinajstić information content (AvgIpc) is 3.20. The number of alkyl halides is 3. The number of aliphatic hydroxyl groups is 2. The Morgan fingerprint density at radius 3 is 2.27 bits per heavy atom. The quantitative estimate of drug-likeness (QED) is 0.199. The lowest BCUT2D eigenvalue weighted by atomic mass is 9.77. The van der Waals surface area contributed by atoms with E-state index in [0.29, 0.717) is 32.4 Å². The van der Waals surface area contributed by atoms with Gasteiger partial charge in [0.05, 0.1) is 54.5 Å². The number of amides is 3. The molecule has 4 aliphatic rings. The van der Waals surface area contributed by atoms with Crippen molar-refractivity contribution in [3.8, 4) is 0 Å². The first-order valence-electron chi connectivity index (χ1n) is 23.3. The Balaban J connectivity index is 1.68. The highest BCUT2D eigenvalue weighted by Crippen LogP contribution is 2.41. The predicted octanol–water partition coefficient (Wildman–Crippen LogP) is 2.83. The number of piperazine rings is 1. The number of hydrogen-bond acceptors (Lipinski definition) is 13. The molecule has 0 aromatic heterocycles. The first kappa shape index (κ1) is 54.4. The minimum Gasteiger partial charge on any atom is -0.387 e. The van der Waals surface area contributed by atoms with Crippen molar-refractivity contribution in [1.29, 1.82) is 0 Å². The molecule has 19 heteroatoms. The number of ether oxygens (including phenoxy) is 5. The Morgan fingerprint density at radius 1 is 1.00 bits per heavy atom. The van der Waals surface area contributed by atoms with Crippen molar-refractivity contribution in [3.05, 3.63) is 0 Å². The van der Waals surface area contributed by atoms with Gasteiger partial charge < -0.3 is 59.2 Å². The average molecular weight is 923 g/mol. The number of hydrogen-bond donors (Lipinski definition) is 4. The summed E-state index contributed by atoms with van der Waals surface area (Å²) in [6, 6.07) is -2.46. The van der Waals surface area contributed by atoms with E-state index in [1.807, 2.05) is 27.9 Å². The number of likely N-dealkylation sites (N-methyl/N-ethyl adjacent to an activating group) is 1. The van der Waals surface area contributed by atoms with Gasteiger partial charge in [0.1, 0.15) is 12.1 Å². The minimum absolute atomic E-state index is 0.00393. The molecule has 0 aromatic rings. The van der Waals surface area contributed by atoms with Crippen molar-refractivity contribution >= 4 is 17.7 Å². The second-order valence-electron chi connectivity index (χ2n) is 20.2. The van der Waals surface area contributed by atoms with Crippen molar-refractivity contribution in [3.63, 3.8) is 0 Å². The van der Waals surface area contributed by atoms with Crippen LogP contribution in [0.4, 0.5) is 13.2 Å². The fourth-order valence-electron chi connectivity index (χ4n) is 10.2. The van der Waals surface area contributed by atoms with E-state index in [0.717, 1.165) is 32.6 Å². The molecule has 0 saturated carbocycles. The zero-order chi connectivity index (χ0) is 47.9. The molecule has 0 unspecified atom stereocenters. The van der Waals surface area contributed by atoms with E-state index < -0.39 is 96.4 Å². The molecule has 0 aliphatic carbocycles. The number of carbonyl (C=O) groups excluding carboxylic acids is 3. The Bertz CT molecular complexity index is 1510. The van der Waals surface area contributed by atoms with Gasteiger partial charge in [-0.3, -0.25) is 19.3 Å². The topological polar surface area (TPSA) is 175 Å². The number of aliphatic hydroxyl groups excluding tert-OH is 1. The highest BCUT2D eigenvalue weighted by Gasteiger charge is 2.52. The van der Waals surface area contributed by atoms with Crippen LogP contribution in [0.5, 0.6) is 0 Å². The van der Waals surface area contributed by atoms with Gasteiger partial charge in [-0.05, 0) is 80.4 Å². The Morgan fingerprint density at radius 2 is 1.66 bits per heavy atom. The van der Waals surface area contributed by atoms with Crippen LogP contribution >= 0.6 is 0 Å². The fourth-order valence-corrected chi connectivity index (χ4v) is 10.2. The summed E-state index contributed by atoms with van der Waals surface area (Å²) in [5.74, 6) is -4.63. The molecule has 4 heterocycles. The molecule has 4 N–H and O–H groups in total. The number of nitrogens with one attached hydrogen (secondary N) is 2. The summed E-state index contributed by atoms with van der Waals surface area (Å²) in [5.41, 5.74) is -2.79. The Kier molecular flexibility index (Phi) is 19.7. The lowest BCUT2D eigenvalue weighted by molar-refractivity contribution is -0.313. The van der Waals surface area contributed by atoms with Crippen molar-refractivity contribution in [2.75, 3.05) is 81.1 Å². The number of rotatable bonds is 13. The molecule has 64 heavy (non-hydrogen) atoms. The molecule has 15 atom stereocenters. The summed E-state index contributed by atoms with van der Waals surface area (Å²) in [7, 11) is 8.94. The van der Waals surface area contributed by atoms with Crippen molar-refractivity contribution in [2.24, 2.45) is 23.7 Å². The van der Waals surface area contributed by atoms with Crippen molar-refractivity contribution in [2.45, 2.75) is 166 Å². The molecule has 4 fully saturated rings. The molecular weight excluding hydrogens is 842 g/mol. The number of halogens is 3. The molecule has 0 bridgehead atoms. The number of carbonyl (C=O) groups is 3. The van der Waals surface area contributed by atoms with Crippen LogP contribution in [0.1, 0.15) is 93.4 Å². The normalized spacial score (nSPS) is 39.7. The van der Waals surface area contributed by atoms with Gasteiger partial charge in [-0.25, -0.2) is 0 Å². The molecule has 0 spiro atoms. The summed E-state index contributed by atoms with van der Waals surface area (Å²) in [5, 5.41) is 28.9. The summed E-state index contributed by atoms with van der Waals surface area (Å²) in [6.45, 7) is 16.4. The Hall–Kier alpha value is -2.20. The second kappa shape index (κ2) is 23.2. The number of nitrogens with zero attached hydrogens (tertiary/aromatic N) is 4. The second-order valence-corrected chi connectivity index (χ2v) is 20.2. The van der Waals surface area contributed by atoms with E-state index >= 15 is 0 Å². The molecule has 4 aliphatic heterocycles. The van der Waals surface area contributed by atoms with Gasteiger partial charge in [0.2, 0.25) is 17.7 Å². The largest absolute Gasteiger partial charge is 0.409 e. The van der Waals surface area contributed by atoms with Crippen LogP contribution in [0, 0.1) is 23.7 Å². The molecule has 372 valence electrons. The van der Waals surface area contributed by atoms with Gasteiger partial charge in [-0.15, -0.1) is 0 Å². The van der Waals surface area contributed by atoms with Crippen LogP contribution in [0.2, 0.25) is 0 Å². The van der Waals surface area contributed by atoms with Gasteiger partial charge >= 0.3 is 6.18 Å². The SMILES string of the molecule is CO[C@]1(C)C[C@H](O[C@H]2[C@H](C)[C@@H](O[C@@H]3O[C@H](C)C[C@H](N(C)C)[C@H]3CCCCNC(=O)CN3CCN(C)CC3)[C@](C)(O)C[C@@H](C)CN(C)C(=O)C[C@H](C(F)(F)F)NC(=O)[C@@H]2C)O[C@@H](C)[C@@H]1O. The van der Waals surface area contributed by atoms with Crippen LogP contribution in [0.3, 0.4) is 0 Å². The highest BCUT2D eigenvalue weighted by molar-refractivity contribution is 5.81. The maximum absolute atomic E-state index is 14.5. The van der Waals surface area contributed by atoms with Crippen LogP contribution in [0.25, 0.3) is 0 Å². The van der Waals surface area contributed by atoms with E-state index in [1.165, 1.54) is 26.0 Å². The Labute approximate surface area is 379 Å². The van der Waals surface area contributed by atoms with Crippen molar-refractivity contribution in [1.82, 2.24) is 30.2 Å². The molecule has 4 rings (SSSR count). The molecule has 3 amide bonds. The minimum atomic E-state index is -4.94. The van der Waals surface area contributed by atoms with Crippen LogP contribution in [0.15, 0.2) is 0 Å². The van der Waals surface area contributed by atoms with Crippen LogP contribution in [-0.2, 0) is 38.1 Å². The standard InChI is InChI=1S/C45H81F3N6O10/c1-27-23-43(6,59)40(64-42-32(33(51(8)9)21-28(2)61-42)15-13-14-16-49-35(55)26-54-19-17-52(10)18-20-54)29(3)38(63-37-24-44(7,60-12)39(57)31(5)62-37)30(4)41(58)50-34(45(46,47)48)22-36(56)53(11)25-27/h27-34,37-40,42,57,59H,13-26H2,1-12H3,(H,49,55)(H,50,58)/t27-,28-,29+,30-,31+,32-,33+,34-,37+,38+,39+,40-,42+,43-,44-/m1/s1. The van der Waals surface area contributed by atoms with Gasteiger partial charge in [0.15, 0.2) is 12.6 Å². The highest BCUT2D eigenvalue weighted by atomic mass is 19.4. The third kappa shape index (κ3) is 14.6. The van der Waals surface area contributed by atoms with Gasteiger partial charge in [-0.1, -0.05) is 27.2 Å². The third-order valence-corrected chi connectivity index (χ3v) is 14.1. The maximum Gasteiger partial charge on any atom is 0.409 e. The first-order chi connectivity index (χ1) is 29.8. The van der Waals surface area contributed by atoms with E-state index in [1.54, 1.807) is 27.7 Å². The molecule has 16 nitrogen and oxygen atoms in total. The van der Waals surface area contributed by atoms with Crippen molar-refractivity contribution < 1.29 is 61.5 Å². The van der Waals surface area contributed by atoms with Gasteiger partial charge in [0.25, 0.3) is 0 Å². The monoisotopic (exact) mass is 923 g/mol. The fraction of sp³-hybridized carbons (Fsp3) is 0.933. The lowest BCUT2D eigenvalue weighted by Crippen LogP contribution is -2.60. The number of unbranched alkanes of at least 4 members (excludes halogenated alkanes) is 1. The van der Waals surface area contributed by atoms with Crippen LogP contribution in [-0.4, -0.2) is 201 Å². The van der Waals surface area contributed by atoms with E-state index in [2.05, 4.69) is 32.4 Å². The smallest absolute Gasteiger partial charge is 0.387 e. The third-order valence-electron chi connectivity index (χ3n) is 14.1. The predicted molar refractivity (Wildman–Crippen MR) is 234 cm³/mol. The molecule has 0 radical (unpaired) electrons. The number of methoxy groups -OCH3 is 1. The van der Waals surface area contributed by atoms with E-state index in [4.69, 9.17) is 23.7 Å². The lowest BCUT2D eigenvalue weighted by Gasteiger charge is -2.50. The zero-order valence-electron chi connectivity index (χ0n) is 40.5. The molecule has 0 aromatic carbocycles. The van der Waals surface area contributed by atoms with Gasteiger partial charge in [-0.2, -0.15) is 13.2 Å². The molecular formula is C45H81F3N6O10. The molecule has 4 saturated heterocycles. The van der Waals surface area contributed by atoms with E-state index in [9.17, 15) is 37.8 Å². The zero-order valence-corrected chi connectivity index (χ0v) is 40.5. The first-order valence-corrected chi connectivity index (χ1v) is 23.3. The maximum atomic E-state index is 14.5. The van der Waals surface area contributed by atoms with Gasteiger partial charge in [0, 0.05) is 77.7 Å². The summed E-state index contributed by atoms with van der Waals surface area (Å²) in [4.78, 5) is 47.9.